The van der Waals surface area contributed by atoms with Crippen molar-refractivity contribution in [3.63, 3.8) is 0 Å². The Labute approximate surface area is 199 Å². The van der Waals surface area contributed by atoms with Gasteiger partial charge in [0.15, 0.2) is 0 Å². The van der Waals surface area contributed by atoms with Crippen LogP contribution < -0.4 is 24.8 Å². The molecule has 0 radical (unpaired) electrons. The molecule has 1 atom stereocenters. The number of allylic oxidation sites excluding steroid dienone is 5. The van der Waals surface area contributed by atoms with Crippen LogP contribution in [0.2, 0.25) is 0 Å². The minimum Gasteiger partial charge on any atom is -1.00 e. The Bertz CT molecular complexity index is 1010. The summed E-state index contributed by atoms with van der Waals surface area (Å²) in [5.74, 6) is 0.492. The predicted molar refractivity (Wildman–Crippen MR) is 113 cm³/mol. The van der Waals surface area contributed by atoms with Crippen LogP contribution >= 0.6 is 0 Å². The van der Waals surface area contributed by atoms with E-state index in [9.17, 15) is 0 Å². The molecule has 0 amide bonds. The molecule has 0 bridgehead atoms. The zero-order chi connectivity index (χ0) is 19.3. The topological polar surface area (TPSA) is 0 Å². The Morgan fingerprint density at radius 2 is 1.38 bits per heavy atom. The van der Waals surface area contributed by atoms with E-state index in [1.165, 1.54) is 22.3 Å². The summed E-state index contributed by atoms with van der Waals surface area (Å²) in [6.45, 7) is 14.3. The van der Waals surface area contributed by atoms with Crippen molar-refractivity contribution in [1.82, 2.24) is 0 Å². The van der Waals surface area contributed by atoms with Gasteiger partial charge in [-0.05, 0) is 0 Å². The van der Waals surface area contributed by atoms with Crippen molar-refractivity contribution in [2.24, 2.45) is 5.41 Å². The van der Waals surface area contributed by atoms with Gasteiger partial charge in [-0.15, -0.1) is 0 Å². The van der Waals surface area contributed by atoms with Gasteiger partial charge in [-0.3, -0.25) is 0 Å². The van der Waals surface area contributed by atoms with Gasteiger partial charge in [-0.2, -0.15) is 0 Å². The molecule has 2 aromatic rings. The zero-order valence-electron chi connectivity index (χ0n) is 18.0. The van der Waals surface area contributed by atoms with E-state index in [0.29, 0.717) is 5.92 Å². The van der Waals surface area contributed by atoms with Gasteiger partial charge in [-0.1, -0.05) is 0 Å². The summed E-state index contributed by atoms with van der Waals surface area (Å²) in [4.78, 5) is 0. The van der Waals surface area contributed by atoms with Crippen molar-refractivity contribution in [3.05, 3.63) is 91.3 Å². The van der Waals surface area contributed by atoms with Gasteiger partial charge in [0.2, 0.25) is 0 Å². The molecular weight excluding hydrogens is 562 g/mol. The minimum atomic E-state index is -1.21. The largest absolute Gasteiger partial charge is 1.00 e. The number of benzene rings is 2. The van der Waals surface area contributed by atoms with E-state index in [1.807, 2.05) is 0 Å². The Morgan fingerprint density at radius 3 is 1.97 bits per heavy atom. The van der Waals surface area contributed by atoms with E-state index < -0.39 is 22.9 Å². The zero-order valence-corrected chi connectivity index (χ0v) is 23.1. The monoisotopic (exact) mass is 590 g/mol. The molecule has 2 aromatic carbocycles. The molecule has 0 aliphatic heterocycles. The Hall–Kier alpha value is -0.890. The molecular formula is C26H28Cl2Hf. The summed E-state index contributed by atoms with van der Waals surface area (Å²) in [6.07, 6.45) is 0. The molecule has 1 unspecified atom stereocenters. The van der Waals surface area contributed by atoms with Gasteiger partial charge in [0.1, 0.15) is 0 Å². The van der Waals surface area contributed by atoms with Crippen molar-refractivity contribution in [3.8, 4) is 0 Å². The van der Waals surface area contributed by atoms with Gasteiger partial charge in [-0.25, -0.2) is 0 Å². The van der Waals surface area contributed by atoms with Crippen LogP contribution in [-0.4, -0.2) is 0 Å². The Kier molecular flexibility index (Phi) is 7.64. The quantitative estimate of drug-likeness (QED) is 0.476. The number of hydrogen-bond acceptors (Lipinski definition) is 0. The first-order chi connectivity index (χ1) is 12.8. The van der Waals surface area contributed by atoms with Crippen LogP contribution in [0.5, 0.6) is 0 Å². The van der Waals surface area contributed by atoms with E-state index in [0.717, 1.165) is 0 Å². The van der Waals surface area contributed by atoms with Gasteiger partial charge in [0.05, 0.1) is 0 Å². The van der Waals surface area contributed by atoms with Crippen molar-refractivity contribution in [2.75, 3.05) is 0 Å². The molecule has 0 saturated heterocycles. The predicted octanol–water partition coefficient (Wildman–Crippen LogP) is 1.41. The molecule has 0 saturated carbocycles. The van der Waals surface area contributed by atoms with Gasteiger partial charge in [0.25, 0.3) is 0 Å². The molecule has 0 aromatic heterocycles. The van der Waals surface area contributed by atoms with Crippen molar-refractivity contribution in [1.29, 1.82) is 0 Å². The van der Waals surface area contributed by atoms with Crippen LogP contribution in [0.3, 0.4) is 0 Å². The summed E-state index contributed by atoms with van der Waals surface area (Å²) in [7, 11) is 0. The van der Waals surface area contributed by atoms with Gasteiger partial charge >= 0.3 is 176 Å². The average Bonchev–Trinajstić information content (AvgIpc) is 3.03. The fourth-order valence-corrected chi connectivity index (χ4v) is 11.9. The smallest absolute Gasteiger partial charge is 1.00 e. The third kappa shape index (κ3) is 3.91. The molecule has 4 rings (SSSR count). The average molecular weight is 590 g/mol. The maximum Gasteiger partial charge on any atom is -1.00 e. The van der Waals surface area contributed by atoms with Crippen LogP contribution in [0, 0.1) is 5.41 Å². The summed E-state index contributed by atoms with van der Waals surface area (Å²) in [5.41, 5.74) is 11.0. The molecule has 0 spiro atoms. The molecule has 2 aliphatic carbocycles. The summed E-state index contributed by atoms with van der Waals surface area (Å²) in [5, 5.41) is 0. The number of hydrogen-bond donors (Lipinski definition) is 0. The van der Waals surface area contributed by atoms with Gasteiger partial charge < -0.3 is 24.8 Å². The summed E-state index contributed by atoms with van der Waals surface area (Å²) < 4.78 is 3.50. The van der Waals surface area contributed by atoms with Crippen LogP contribution in [0.25, 0.3) is 8.90 Å². The molecule has 29 heavy (non-hydrogen) atoms. The SMILES string of the molecule is CC1=C(C)C(C)(C)[C]([Hf+2][C]2=C(c3ccccc3)C(C)c3ccccc32)=C1C.[Cl-].[Cl-]. The summed E-state index contributed by atoms with van der Waals surface area (Å²) >= 11 is -1.21. The molecule has 0 fully saturated rings. The van der Waals surface area contributed by atoms with Crippen molar-refractivity contribution < 1.29 is 47.7 Å². The standard InChI is InChI=1S/C16H13.C10H15.2ClH.Hf/c1-12-15-10-6-5-9-14(15)11-16(12)13-7-3-2-4-8-13;1-7-6-10(4,5)9(3)8(7)2;;;/h2-10,12H,1H3;1-5H3;2*1H;/q;;;;+2/p-2. The minimum absolute atomic E-state index is 0. The van der Waals surface area contributed by atoms with Crippen LogP contribution in [0.1, 0.15) is 64.2 Å². The molecule has 0 nitrogen and oxygen atoms in total. The van der Waals surface area contributed by atoms with E-state index >= 15 is 0 Å². The third-order valence-corrected chi connectivity index (χ3v) is 14.1. The van der Waals surface area contributed by atoms with Gasteiger partial charge in [0, 0.05) is 0 Å². The maximum absolute atomic E-state index is 2.44. The van der Waals surface area contributed by atoms with E-state index in [2.05, 4.69) is 96.1 Å². The second-order valence-electron chi connectivity index (χ2n) is 8.46. The fraction of sp³-hybridized carbons (Fsp3) is 0.308. The van der Waals surface area contributed by atoms with Crippen molar-refractivity contribution >= 4 is 8.90 Å². The molecule has 0 N–H and O–H groups in total. The molecule has 2 aliphatic rings. The number of fused-ring (bicyclic) bond motifs is 1. The van der Waals surface area contributed by atoms with E-state index in [1.54, 1.807) is 23.4 Å². The molecule has 150 valence electrons. The normalized spacial score (nSPS) is 19.6. The maximum atomic E-state index is 2.44. The molecule has 0 heterocycles. The number of rotatable bonds is 3. The van der Waals surface area contributed by atoms with Crippen LogP contribution in [-0.2, 0) is 22.9 Å². The Balaban J connectivity index is 0.00000150. The second kappa shape index (κ2) is 9.08. The first-order valence-corrected chi connectivity index (χ1v) is 13.5. The first kappa shape index (κ1) is 24.4. The van der Waals surface area contributed by atoms with Crippen molar-refractivity contribution in [2.45, 2.75) is 47.5 Å². The fourth-order valence-electron chi connectivity index (χ4n) is 4.73. The van der Waals surface area contributed by atoms with Crippen LogP contribution in [0.15, 0.2) is 74.6 Å². The van der Waals surface area contributed by atoms with Crippen LogP contribution in [0.4, 0.5) is 0 Å². The number of halogens is 2. The summed E-state index contributed by atoms with van der Waals surface area (Å²) in [6, 6.07) is 20.2. The molecule has 3 heteroatoms. The second-order valence-corrected chi connectivity index (χ2v) is 13.0. The van der Waals surface area contributed by atoms with E-state index in [-0.39, 0.29) is 30.2 Å². The Morgan fingerprint density at radius 1 is 0.793 bits per heavy atom. The van der Waals surface area contributed by atoms with E-state index in [4.69, 9.17) is 0 Å². The third-order valence-electron chi connectivity index (χ3n) is 6.80. The first-order valence-electron chi connectivity index (χ1n) is 9.89.